The Morgan fingerprint density at radius 2 is 2.33 bits per heavy atom. The van der Waals surface area contributed by atoms with Crippen LogP contribution in [0.3, 0.4) is 0 Å². The van der Waals surface area contributed by atoms with E-state index in [0.717, 1.165) is 11.3 Å². The molecule has 1 heterocycles. The molecule has 0 bridgehead atoms. The molecule has 3 nitrogen and oxygen atoms in total. The van der Waals surface area contributed by atoms with Crippen molar-refractivity contribution in [1.29, 1.82) is 0 Å². The number of aliphatic hydroxyl groups is 1. The average molecular weight is 227 g/mol. The molecule has 4 heteroatoms. The van der Waals surface area contributed by atoms with Crippen LogP contribution in [0.4, 0.5) is 0 Å². The Morgan fingerprint density at radius 1 is 1.67 bits per heavy atom. The van der Waals surface area contributed by atoms with Crippen molar-refractivity contribution in [3.63, 3.8) is 0 Å². The molecule has 15 heavy (non-hydrogen) atoms. The van der Waals surface area contributed by atoms with Crippen molar-refractivity contribution in [3.8, 4) is 0 Å². The van der Waals surface area contributed by atoms with Crippen LogP contribution in [0.25, 0.3) is 0 Å². The van der Waals surface area contributed by atoms with Gasteiger partial charge >= 0.3 is 0 Å². The van der Waals surface area contributed by atoms with Gasteiger partial charge in [0.05, 0.1) is 11.5 Å². The van der Waals surface area contributed by atoms with Gasteiger partial charge in [0.2, 0.25) is 0 Å². The molecule has 0 saturated carbocycles. The minimum Gasteiger partial charge on any atom is -0.394 e. The first-order chi connectivity index (χ1) is 7.08. The third-order valence-corrected chi connectivity index (χ3v) is 3.37. The van der Waals surface area contributed by atoms with Crippen molar-refractivity contribution in [3.05, 3.63) is 21.4 Å². The molecular weight excluding hydrogens is 210 g/mol. The van der Waals surface area contributed by atoms with Crippen molar-refractivity contribution >= 4 is 17.2 Å². The lowest BCUT2D eigenvalue weighted by Gasteiger charge is -2.08. The molecule has 2 N–H and O–H groups in total. The van der Waals surface area contributed by atoms with Crippen LogP contribution in [0, 0.1) is 6.92 Å². The lowest BCUT2D eigenvalue weighted by Crippen LogP contribution is -2.34. The molecule has 0 radical (unpaired) electrons. The normalized spacial score (nSPS) is 12.5. The second-order valence-corrected chi connectivity index (χ2v) is 4.86. The molecule has 0 spiro atoms. The number of amides is 1. The number of thiophene rings is 1. The quantitative estimate of drug-likeness (QED) is 0.823. The average Bonchev–Trinajstić information content (AvgIpc) is 2.59. The van der Waals surface area contributed by atoms with E-state index in [0.29, 0.717) is 0 Å². The van der Waals surface area contributed by atoms with E-state index in [1.165, 1.54) is 21.8 Å². The molecule has 1 rings (SSSR count). The van der Waals surface area contributed by atoms with Gasteiger partial charge < -0.3 is 10.4 Å². The zero-order valence-electron chi connectivity index (χ0n) is 9.33. The molecule has 0 fully saturated rings. The van der Waals surface area contributed by atoms with Gasteiger partial charge in [-0.3, -0.25) is 4.79 Å². The highest BCUT2D eigenvalue weighted by atomic mass is 32.1. The Bertz CT molecular complexity index is 346. The van der Waals surface area contributed by atoms with Crippen molar-refractivity contribution in [2.75, 3.05) is 6.61 Å². The first kappa shape index (κ1) is 12.2. The molecule has 0 aliphatic carbocycles. The number of aliphatic hydroxyl groups excluding tert-OH is 1. The van der Waals surface area contributed by atoms with Crippen LogP contribution in [0.15, 0.2) is 6.07 Å². The van der Waals surface area contributed by atoms with Crippen LogP contribution < -0.4 is 5.32 Å². The molecule has 0 aromatic carbocycles. The maximum Gasteiger partial charge on any atom is 0.261 e. The van der Waals surface area contributed by atoms with Gasteiger partial charge in [0, 0.05) is 10.9 Å². The summed E-state index contributed by atoms with van der Waals surface area (Å²) in [5.41, 5.74) is 1.22. The number of aryl methyl sites for hydroxylation is 2. The van der Waals surface area contributed by atoms with Gasteiger partial charge in [-0.05, 0) is 31.9 Å². The first-order valence-electron chi connectivity index (χ1n) is 5.09. The lowest BCUT2D eigenvalue weighted by atomic mass is 10.2. The van der Waals surface area contributed by atoms with Crippen LogP contribution in [0.1, 0.15) is 34.0 Å². The molecule has 0 unspecified atom stereocenters. The fraction of sp³-hybridized carbons (Fsp3) is 0.545. The molecule has 1 aromatic heterocycles. The summed E-state index contributed by atoms with van der Waals surface area (Å²) in [6.07, 6.45) is 0.950. The van der Waals surface area contributed by atoms with Crippen LogP contribution >= 0.6 is 11.3 Å². The SMILES string of the molecule is CCc1cc(C(=O)N[C@@H](C)CO)sc1C. The summed E-state index contributed by atoms with van der Waals surface area (Å²) < 4.78 is 0. The van der Waals surface area contributed by atoms with Gasteiger partial charge in [-0.15, -0.1) is 11.3 Å². The second-order valence-electron chi connectivity index (χ2n) is 3.60. The smallest absolute Gasteiger partial charge is 0.261 e. The Kier molecular flexibility index (Phi) is 4.29. The number of carbonyl (C=O) groups excluding carboxylic acids is 1. The number of nitrogens with one attached hydrogen (secondary N) is 1. The third kappa shape index (κ3) is 3.04. The van der Waals surface area contributed by atoms with Crippen LogP contribution in [-0.4, -0.2) is 23.7 Å². The van der Waals surface area contributed by atoms with Crippen molar-refractivity contribution < 1.29 is 9.90 Å². The predicted octanol–water partition coefficient (Wildman–Crippen LogP) is 1.73. The Morgan fingerprint density at radius 3 is 2.80 bits per heavy atom. The first-order valence-corrected chi connectivity index (χ1v) is 5.91. The van der Waals surface area contributed by atoms with E-state index in [9.17, 15) is 4.79 Å². The number of hydrogen-bond acceptors (Lipinski definition) is 3. The Labute approximate surface area is 94.1 Å². The molecule has 84 valence electrons. The third-order valence-electron chi connectivity index (χ3n) is 2.28. The minimum atomic E-state index is -0.190. The van der Waals surface area contributed by atoms with E-state index < -0.39 is 0 Å². The minimum absolute atomic E-state index is 0.0310. The van der Waals surface area contributed by atoms with Gasteiger partial charge in [-0.1, -0.05) is 6.92 Å². The predicted molar refractivity (Wildman–Crippen MR) is 62.4 cm³/mol. The van der Waals surface area contributed by atoms with Gasteiger partial charge in [-0.25, -0.2) is 0 Å². The summed E-state index contributed by atoms with van der Waals surface area (Å²) in [5, 5.41) is 11.6. The molecular formula is C11H17NO2S. The van der Waals surface area contributed by atoms with E-state index in [4.69, 9.17) is 5.11 Å². The fourth-order valence-electron chi connectivity index (χ4n) is 1.32. The Hall–Kier alpha value is -0.870. The summed E-state index contributed by atoms with van der Waals surface area (Å²) in [5.74, 6) is -0.0932. The number of rotatable bonds is 4. The zero-order chi connectivity index (χ0) is 11.4. The summed E-state index contributed by atoms with van der Waals surface area (Å²) in [7, 11) is 0. The largest absolute Gasteiger partial charge is 0.394 e. The highest BCUT2D eigenvalue weighted by molar-refractivity contribution is 7.14. The van der Waals surface area contributed by atoms with Crippen molar-refractivity contribution in [2.45, 2.75) is 33.2 Å². The van der Waals surface area contributed by atoms with Gasteiger partial charge in [0.1, 0.15) is 0 Å². The van der Waals surface area contributed by atoms with E-state index >= 15 is 0 Å². The fourth-order valence-corrected chi connectivity index (χ4v) is 2.34. The van der Waals surface area contributed by atoms with Gasteiger partial charge in [-0.2, -0.15) is 0 Å². The number of carbonyl (C=O) groups is 1. The Balaban J connectivity index is 2.74. The van der Waals surface area contributed by atoms with Gasteiger partial charge in [0.25, 0.3) is 5.91 Å². The topological polar surface area (TPSA) is 49.3 Å². The highest BCUT2D eigenvalue weighted by Gasteiger charge is 2.13. The summed E-state index contributed by atoms with van der Waals surface area (Å²) >= 11 is 1.51. The summed E-state index contributed by atoms with van der Waals surface area (Å²) in [6, 6.07) is 1.74. The monoisotopic (exact) mass is 227 g/mol. The molecule has 1 atom stereocenters. The summed E-state index contributed by atoms with van der Waals surface area (Å²) in [6.45, 7) is 5.85. The van der Waals surface area contributed by atoms with Crippen LogP contribution in [0.2, 0.25) is 0 Å². The highest BCUT2D eigenvalue weighted by Crippen LogP contribution is 2.21. The van der Waals surface area contributed by atoms with E-state index in [1.807, 2.05) is 13.0 Å². The van der Waals surface area contributed by atoms with E-state index in [-0.39, 0.29) is 18.6 Å². The standard InChI is InChI=1S/C11H17NO2S/c1-4-9-5-10(15-8(9)3)11(14)12-7(2)6-13/h5,7,13H,4,6H2,1-3H3,(H,12,14)/t7-/m0/s1. The van der Waals surface area contributed by atoms with Crippen molar-refractivity contribution in [2.24, 2.45) is 0 Å². The molecule has 1 amide bonds. The summed E-state index contributed by atoms with van der Waals surface area (Å²) in [4.78, 5) is 13.6. The van der Waals surface area contributed by atoms with Crippen LogP contribution in [0.5, 0.6) is 0 Å². The van der Waals surface area contributed by atoms with Crippen molar-refractivity contribution in [1.82, 2.24) is 5.32 Å². The van der Waals surface area contributed by atoms with E-state index in [2.05, 4.69) is 12.2 Å². The molecule has 0 saturated heterocycles. The zero-order valence-corrected chi connectivity index (χ0v) is 10.1. The second kappa shape index (κ2) is 5.28. The van der Waals surface area contributed by atoms with Crippen LogP contribution in [-0.2, 0) is 6.42 Å². The van der Waals surface area contributed by atoms with Gasteiger partial charge in [0.15, 0.2) is 0 Å². The molecule has 0 aliphatic heterocycles. The van der Waals surface area contributed by atoms with E-state index in [1.54, 1.807) is 6.92 Å². The molecule has 1 aromatic rings. The molecule has 0 aliphatic rings. The lowest BCUT2D eigenvalue weighted by molar-refractivity contribution is 0.0926. The maximum atomic E-state index is 11.7. The maximum absolute atomic E-state index is 11.7. The number of hydrogen-bond donors (Lipinski definition) is 2.